The summed E-state index contributed by atoms with van der Waals surface area (Å²) in [6, 6.07) is 7.19. The van der Waals surface area contributed by atoms with Crippen molar-refractivity contribution >= 4 is 0 Å². The number of hydrogen-bond donors (Lipinski definition) is 1. The first-order valence-electron chi connectivity index (χ1n) is 6.45. The van der Waals surface area contributed by atoms with Crippen molar-refractivity contribution in [1.29, 1.82) is 0 Å². The van der Waals surface area contributed by atoms with E-state index in [9.17, 15) is 5.11 Å². The SMILES string of the molecule is Oc1ccccc1C1OCC2(CC=CCC2)CO1. The Morgan fingerprint density at radius 2 is 1.89 bits per heavy atom. The molecule has 1 aliphatic heterocycles. The van der Waals surface area contributed by atoms with Crippen LogP contribution in [0.5, 0.6) is 5.75 Å². The molecule has 1 fully saturated rings. The maximum absolute atomic E-state index is 9.79. The summed E-state index contributed by atoms with van der Waals surface area (Å²) in [6.45, 7) is 1.41. The Morgan fingerprint density at radius 1 is 1.11 bits per heavy atom. The molecule has 1 heterocycles. The maximum atomic E-state index is 9.79. The predicted octanol–water partition coefficient (Wildman–Crippen LogP) is 3.16. The minimum Gasteiger partial charge on any atom is -0.507 e. The molecule has 1 aromatic rings. The first-order chi connectivity index (χ1) is 8.79. The summed E-state index contributed by atoms with van der Waals surface area (Å²) in [5, 5.41) is 9.79. The molecule has 0 amide bonds. The van der Waals surface area contributed by atoms with Gasteiger partial charge in [0.05, 0.1) is 13.2 Å². The zero-order valence-electron chi connectivity index (χ0n) is 10.3. The van der Waals surface area contributed by atoms with Crippen LogP contribution >= 0.6 is 0 Å². The van der Waals surface area contributed by atoms with Crippen LogP contribution in [0.15, 0.2) is 36.4 Å². The first-order valence-corrected chi connectivity index (χ1v) is 6.45. The molecule has 3 rings (SSSR count). The number of hydrogen-bond acceptors (Lipinski definition) is 3. The normalized spacial score (nSPS) is 31.7. The molecule has 1 saturated heterocycles. The minimum absolute atomic E-state index is 0.148. The van der Waals surface area contributed by atoms with Crippen molar-refractivity contribution in [2.45, 2.75) is 25.6 Å². The van der Waals surface area contributed by atoms with Gasteiger partial charge in [-0.25, -0.2) is 0 Å². The largest absolute Gasteiger partial charge is 0.507 e. The van der Waals surface area contributed by atoms with Crippen molar-refractivity contribution in [2.75, 3.05) is 13.2 Å². The molecular formula is C15H18O3. The molecule has 0 atom stereocenters. The van der Waals surface area contributed by atoms with Crippen LogP contribution in [0.25, 0.3) is 0 Å². The summed E-state index contributed by atoms with van der Waals surface area (Å²) in [4.78, 5) is 0. The van der Waals surface area contributed by atoms with Crippen LogP contribution < -0.4 is 0 Å². The van der Waals surface area contributed by atoms with E-state index in [0.29, 0.717) is 13.2 Å². The Balaban J connectivity index is 1.70. The van der Waals surface area contributed by atoms with Crippen LogP contribution in [0.1, 0.15) is 31.1 Å². The Bertz CT molecular complexity index is 445. The van der Waals surface area contributed by atoms with E-state index >= 15 is 0 Å². The molecule has 0 aromatic heterocycles. The van der Waals surface area contributed by atoms with Crippen LogP contribution in [0.2, 0.25) is 0 Å². The van der Waals surface area contributed by atoms with Gasteiger partial charge in [-0.15, -0.1) is 0 Å². The molecular weight excluding hydrogens is 228 g/mol. The average Bonchev–Trinajstić information content (AvgIpc) is 2.42. The van der Waals surface area contributed by atoms with Gasteiger partial charge in [-0.1, -0.05) is 30.4 Å². The molecule has 0 radical (unpaired) electrons. The van der Waals surface area contributed by atoms with Crippen LogP contribution in [0.3, 0.4) is 0 Å². The highest BCUT2D eigenvalue weighted by Gasteiger charge is 2.37. The zero-order chi connectivity index (χ0) is 12.4. The van der Waals surface area contributed by atoms with Gasteiger partial charge in [0.15, 0.2) is 6.29 Å². The second-order valence-electron chi connectivity index (χ2n) is 5.23. The second kappa shape index (κ2) is 4.75. The smallest absolute Gasteiger partial charge is 0.187 e. The molecule has 1 N–H and O–H groups in total. The Hall–Kier alpha value is -1.32. The topological polar surface area (TPSA) is 38.7 Å². The Kier molecular flexibility index (Phi) is 3.10. The van der Waals surface area contributed by atoms with Crippen LogP contribution in [0.4, 0.5) is 0 Å². The third kappa shape index (κ3) is 2.16. The van der Waals surface area contributed by atoms with Crippen molar-refractivity contribution in [3.63, 3.8) is 0 Å². The average molecular weight is 246 g/mol. The van der Waals surface area contributed by atoms with Crippen LogP contribution in [-0.4, -0.2) is 18.3 Å². The van der Waals surface area contributed by atoms with Crippen molar-refractivity contribution in [3.05, 3.63) is 42.0 Å². The molecule has 0 saturated carbocycles. The van der Waals surface area contributed by atoms with Crippen molar-refractivity contribution in [1.82, 2.24) is 0 Å². The van der Waals surface area contributed by atoms with E-state index in [2.05, 4.69) is 12.2 Å². The van der Waals surface area contributed by atoms with Crippen molar-refractivity contribution in [2.24, 2.45) is 5.41 Å². The number of rotatable bonds is 1. The summed E-state index contributed by atoms with van der Waals surface area (Å²) >= 11 is 0. The summed E-state index contributed by atoms with van der Waals surface area (Å²) in [6.07, 6.45) is 7.27. The quantitative estimate of drug-likeness (QED) is 0.773. The number of phenols is 1. The standard InChI is InChI=1S/C15H18O3/c16-13-7-3-2-6-12(13)14-17-10-15(11-18-14)8-4-1-5-9-15/h1-4,6-7,14,16H,5,8-11H2. The molecule has 0 bridgehead atoms. The fourth-order valence-corrected chi connectivity index (χ4v) is 2.67. The number of ether oxygens (including phenoxy) is 2. The summed E-state index contributed by atoms with van der Waals surface area (Å²) < 4.78 is 11.6. The Morgan fingerprint density at radius 3 is 2.56 bits per heavy atom. The highest BCUT2D eigenvalue weighted by Crippen LogP contribution is 2.41. The molecule has 1 aliphatic carbocycles. The lowest BCUT2D eigenvalue weighted by Crippen LogP contribution is -2.39. The third-order valence-electron chi connectivity index (χ3n) is 3.83. The van der Waals surface area contributed by atoms with Crippen molar-refractivity contribution in [3.8, 4) is 5.75 Å². The lowest BCUT2D eigenvalue weighted by Gasteiger charge is -2.41. The van der Waals surface area contributed by atoms with E-state index in [0.717, 1.165) is 24.8 Å². The molecule has 3 nitrogen and oxygen atoms in total. The summed E-state index contributed by atoms with van der Waals surface area (Å²) in [5.74, 6) is 0.238. The molecule has 1 aromatic carbocycles. The van der Waals surface area contributed by atoms with E-state index in [1.54, 1.807) is 12.1 Å². The van der Waals surface area contributed by atoms with Gasteiger partial charge in [-0.3, -0.25) is 0 Å². The third-order valence-corrected chi connectivity index (χ3v) is 3.83. The fourth-order valence-electron chi connectivity index (χ4n) is 2.67. The number of benzene rings is 1. The van der Waals surface area contributed by atoms with Crippen LogP contribution in [-0.2, 0) is 9.47 Å². The highest BCUT2D eigenvalue weighted by atomic mass is 16.7. The van der Waals surface area contributed by atoms with E-state index < -0.39 is 6.29 Å². The predicted molar refractivity (Wildman–Crippen MR) is 68.2 cm³/mol. The van der Waals surface area contributed by atoms with Gasteiger partial charge >= 0.3 is 0 Å². The van der Waals surface area contributed by atoms with E-state index in [4.69, 9.17) is 9.47 Å². The van der Waals surface area contributed by atoms with Gasteiger partial charge in [0.25, 0.3) is 0 Å². The van der Waals surface area contributed by atoms with Gasteiger partial charge in [-0.2, -0.15) is 0 Å². The Labute approximate surface area is 107 Å². The molecule has 3 heteroatoms. The first kappa shape index (κ1) is 11.8. The lowest BCUT2D eigenvalue weighted by molar-refractivity contribution is -0.236. The lowest BCUT2D eigenvalue weighted by atomic mass is 9.78. The number of phenolic OH excluding ortho intramolecular Hbond substituents is 1. The number of aromatic hydroxyl groups is 1. The van der Waals surface area contributed by atoms with Gasteiger partial charge in [0.2, 0.25) is 0 Å². The number of para-hydroxylation sites is 1. The van der Waals surface area contributed by atoms with E-state index in [1.807, 2.05) is 12.1 Å². The summed E-state index contributed by atoms with van der Waals surface area (Å²) in [7, 11) is 0. The van der Waals surface area contributed by atoms with Crippen LogP contribution in [0, 0.1) is 5.41 Å². The van der Waals surface area contributed by atoms with Gasteiger partial charge in [0.1, 0.15) is 5.75 Å². The van der Waals surface area contributed by atoms with Gasteiger partial charge in [-0.05, 0) is 25.3 Å². The highest BCUT2D eigenvalue weighted by molar-refractivity contribution is 5.32. The maximum Gasteiger partial charge on any atom is 0.187 e. The summed E-state index contributed by atoms with van der Waals surface area (Å²) in [5.41, 5.74) is 0.869. The molecule has 1 spiro atoms. The van der Waals surface area contributed by atoms with E-state index in [-0.39, 0.29) is 11.2 Å². The molecule has 2 aliphatic rings. The molecule has 18 heavy (non-hydrogen) atoms. The number of allylic oxidation sites excluding steroid dienone is 2. The minimum atomic E-state index is -0.428. The van der Waals surface area contributed by atoms with Gasteiger partial charge in [0, 0.05) is 11.0 Å². The van der Waals surface area contributed by atoms with Gasteiger partial charge < -0.3 is 14.6 Å². The molecule has 96 valence electrons. The van der Waals surface area contributed by atoms with Crippen molar-refractivity contribution < 1.29 is 14.6 Å². The fraction of sp³-hybridized carbons (Fsp3) is 0.467. The zero-order valence-corrected chi connectivity index (χ0v) is 10.3. The monoisotopic (exact) mass is 246 g/mol. The van der Waals surface area contributed by atoms with E-state index in [1.165, 1.54) is 0 Å². The second-order valence-corrected chi connectivity index (χ2v) is 5.23. The molecule has 0 unspecified atom stereocenters.